The van der Waals surface area contributed by atoms with Crippen molar-refractivity contribution in [2.24, 2.45) is 5.73 Å². The average Bonchev–Trinajstić information content (AvgIpc) is 2.60. The number of hydrogen-bond acceptors (Lipinski definition) is 6. The molecule has 0 radical (unpaired) electrons. The number of carbonyl (C=O) groups excluding carboxylic acids is 4. The van der Waals surface area contributed by atoms with Gasteiger partial charge in [-0.25, -0.2) is 0 Å². The molecule has 8 nitrogen and oxygen atoms in total. The fourth-order valence-corrected chi connectivity index (χ4v) is 3.93. The fourth-order valence-electron chi connectivity index (χ4n) is 2.82. The van der Waals surface area contributed by atoms with Crippen molar-refractivity contribution in [1.29, 1.82) is 0 Å². The Hall–Kier alpha value is -1.61. The van der Waals surface area contributed by atoms with E-state index in [2.05, 4.69) is 0 Å². The summed E-state index contributed by atoms with van der Waals surface area (Å²) in [4.78, 5) is 51.2. The van der Waals surface area contributed by atoms with E-state index in [9.17, 15) is 24.3 Å². The normalized spacial score (nSPS) is 13.5. The van der Waals surface area contributed by atoms with Crippen molar-refractivity contribution in [3.63, 3.8) is 0 Å². The van der Waals surface area contributed by atoms with Crippen molar-refractivity contribution in [2.75, 3.05) is 25.6 Å². The molecule has 0 spiro atoms. The SMILES string of the molecule is CCCC(=O)N(C)[C@H](CSCCCC(C)=O)C(=O)N(C)[C@@H](CC(C)(C)O)C(N)=O. The van der Waals surface area contributed by atoms with Gasteiger partial charge < -0.3 is 25.4 Å². The molecule has 3 amide bonds. The molecule has 0 heterocycles. The van der Waals surface area contributed by atoms with Crippen molar-refractivity contribution in [1.82, 2.24) is 9.80 Å². The van der Waals surface area contributed by atoms with Gasteiger partial charge in [0.2, 0.25) is 17.7 Å². The zero-order valence-electron chi connectivity index (χ0n) is 18.6. The van der Waals surface area contributed by atoms with Crippen LogP contribution in [0.15, 0.2) is 0 Å². The molecule has 2 atom stereocenters. The third-order valence-electron chi connectivity index (χ3n) is 4.54. The molecule has 168 valence electrons. The van der Waals surface area contributed by atoms with Crippen molar-refractivity contribution >= 4 is 35.3 Å². The number of nitrogens with zero attached hydrogens (tertiary/aromatic N) is 2. The number of ketones is 1. The lowest BCUT2D eigenvalue weighted by atomic mass is 9.97. The van der Waals surface area contributed by atoms with E-state index in [1.165, 1.54) is 35.5 Å². The number of aliphatic hydroxyl groups is 1. The second-order valence-electron chi connectivity index (χ2n) is 8.03. The van der Waals surface area contributed by atoms with Crippen LogP contribution in [0.4, 0.5) is 0 Å². The van der Waals surface area contributed by atoms with Crippen LogP contribution in [0, 0.1) is 0 Å². The summed E-state index contributed by atoms with van der Waals surface area (Å²) in [6.07, 6.45) is 2.16. The lowest BCUT2D eigenvalue weighted by molar-refractivity contribution is -0.147. The van der Waals surface area contributed by atoms with E-state index in [-0.39, 0.29) is 18.1 Å². The van der Waals surface area contributed by atoms with E-state index < -0.39 is 29.5 Å². The molecule has 29 heavy (non-hydrogen) atoms. The lowest BCUT2D eigenvalue weighted by Gasteiger charge is -2.35. The Balaban J connectivity index is 5.38. The van der Waals surface area contributed by atoms with Gasteiger partial charge in [0.15, 0.2) is 0 Å². The highest BCUT2D eigenvalue weighted by Gasteiger charge is 2.36. The maximum Gasteiger partial charge on any atom is 0.246 e. The molecule has 0 fully saturated rings. The molecule has 9 heteroatoms. The topological polar surface area (TPSA) is 121 Å². The Morgan fingerprint density at radius 1 is 1.07 bits per heavy atom. The molecule has 0 unspecified atom stereocenters. The Kier molecular flexibility index (Phi) is 12.1. The van der Waals surface area contributed by atoms with Crippen LogP contribution >= 0.6 is 11.8 Å². The predicted octanol–water partition coefficient (Wildman–Crippen LogP) is 1.19. The summed E-state index contributed by atoms with van der Waals surface area (Å²) >= 11 is 1.49. The summed E-state index contributed by atoms with van der Waals surface area (Å²) in [7, 11) is 3.05. The molecule has 3 N–H and O–H groups in total. The van der Waals surface area contributed by atoms with Gasteiger partial charge in [-0.2, -0.15) is 11.8 Å². The lowest BCUT2D eigenvalue weighted by Crippen LogP contribution is -2.56. The van der Waals surface area contributed by atoms with Crippen LogP contribution in [0.1, 0.15) is 59.8 Å². The summed E-state index contributed by atoms with van der Waals surface area (Å²) in [5.41, 5.74) is 4.29. The molecule has 0 saturated carbocycles. The zero-order chi connectivity index (χ0) is 22.8. The number of Topliss-reactive ketones (excluding diaryl/α,β-unsaturated/α-hetero) is 1. The number of nitrogens with two attached hydrogens (primary N) is 1. The van der Waals surface area contributed by atoms with Gasteiger partial charge >= 0.3 is 0 Å². The number of hydrogen-bond donors (Lipinski definition) is 2. The first-order valence-corrected chi connectivity index (χ1v) is 11.1. The smallest absolute Gasteiger partial charge is 0.246 e. The van der Waals surface area contributed by atoms with Gasteiger partial charge in [0.1, 0.15) is 17.9 Å². The highest BCUT2D eigenvalue weighted by Crippen LogP contribution is 2.19. The molecule has 0 saturated heterocycles. The third kappa shape index (κ3) is 10.7. The Morgan fingerprint density at radius 2 is 1.66 bits per heavy atom. The maximum atomic E-state index is 13.2. The molecule has 0 aromatic heterocycles. The van der Waals surface area contributed by atoms with Gasteiger partial charge in [-0.1, -0.05) is 6.92 Å². The van der Waals surface area contributed by atoms with Gasteiger partial charge in [0, 0.05) is 39.1 Å². The summed E-state index contributed by atoms with van der Waals surface area (Å²) in [5, 5.41) is 10.1. The van der Waals surface area contributed by atoms with Gasteiger partial charge in [-0.3, -0.25) is 14.4 Å². The average molecular weight is 432 g/mol. The first-order valence-electron chi connectivity index (χ1n) is 9.93. The molecular formula is C20H37N3O5S. The molecule has 0 aliphatic heterocycles. The van der Waals surface area contributed by atoms with Crippen LogP contribution in [-0.4, -0.2) is 81.7 Å². The highest BCUT2D eigenvalue weighted by molar-refractivity contribution is 7.99. The maximum absolute atomic E-state index is 13.2. The standard InChI is InChI=1S/C20H37N3O5S/c1-7-9-17(25)22(5)16(13-29-11-8-10-14(2)24)19(27)23(6)15(18(21)26)12-20(3,4)28/h15-16,28H,7-13H2,1-6H3,(H2,21,26)/t15-,16+/m0/s1. The van der Waals surface area contributed by atoms with E-state index in [1.54, 1.807) is 20.9 Å². The molecular weight excluding hydrogens is 394 g/mol. The van der Waals surface area contributed by atoms with Gasteiger partial charge in [0.05, 0.1) is 5.60 Å². The third-order valence-corrected chi connectivity index (χ3v) is 5.67. The number of amides is 3. The molecule has 0 aromatic carbocycles. The Bertz CT molecular complexity index is 577. The van der Waals surface area contributed by atoms with Crippen LogP contribution in [0.5, 0.6) is 0 Å². The fraction of sp³-hybridized carbons (Fsp3) is 0.800. The quantitative estimate of drug-likeness (QED) is 0.399. The molecule has 0 aromatic rings. The summed E-state index contributed by atoms with van der Waals surface area (Å²) in [6.45, 7) is 6.51. The van der Waals surface area contributed by atoms with Crippen molar-refractivity contribution in [3.8, 4) is 0 Å². The van der Waals surface area contributed by atoms with E-state index in [0.29, 0.717) is 37.2 Å². The van der Waals surface area contributed by atoms with Gasteiger partial charge in [0.25, 0.3) is 0 Å². The van der Waals surface area contributed by atoms with Crippen molar-refractivity contribution in [3.05, 3.63) is 0 Å². The number of thioether (sulfide) groups is 1. The van der Waals surface area contributed by atoms with Crippen LogP contribution < -0.4 is 5.73 Å². The van der Waals surface area contributed by atoms with E-state index in [1.807, 2.05) is 6.92 Å². The monoisotopic (exact) mass is 431 g/mol. The van der Waals surface area contributed by atoms with Crippen LogP contribution in [0.3, 0.4) is 0 Å². The second-order valence-corrected chi connectivity index (χ2v) is 9.18. The minimum Gasteiger partial charge on any atom is -0.390 e. The van der Waals surface area contributed by atoms with Crippen molar-refractivity contribution < 1.29 is 24.3 Å². The number of carbonyl (C=O) groups is 4. The molecule has 0 aliphatic rings. The summed E-state index contributed by atoms with van der Waals surface area (Å²) < 4.78 is 0. The Labute approximate surface area is 178 Å². The predicted molar refractivity (Wildman–Crippen MR) is 115 cm³/mol. The van der Waals surface area contributed by atoms with Crippen LogP contribution in [-0.2, 0) is 19.2 Å². The largest absolute Gasteiger partial charge is 0.390 e. The second kappa shape index (κ2) is 12.8. The first kappa shape index (κ1) is 27.4. The Morgan fingerprint density at radius 3 is 2.10 bits per heavy atom. The molecule has 0 bridgehead atoms. The minimum atomic E-state index is -1.19. The van der Waals surface area contributed by atoms with Crippen LogP contribution in [0.2, 0.25) is 0 Å². The number of primary amides is 1. The zero-order valence-corrected chi connectivity index (χ0v) is 19.4. The van der Waals surface area contributed by atoms with Crippen LogP contribution in [0.25, 0.3) is 0 Å². The van der Waals surface area contributed by atoms with E-state index in [0.717, 1.165) is 0 Å². The van der Waals surface area contributed by atoms with E-state index in [4.69, 9.17) is 5.73 Å². The van der Waals surface area contributed by atoms with Crippen molar-refractivity contribution in [2.45, 2.75) is 77.5 Å². The highest BCUT2D eigenvalue weighted by atomic mass is 32.2. The minimum absolute atomic E-state index is 0.00430. The number of rotatable bonds is 14. The number of likely N-dealkylation sites (N-methyl/N-ethyl adjacent to an activating group) is 2. The molecule has 0 rings (SSSR count). The summed E-state index contributed by atoms with van der Waals surface area (Å²) in [5.74, 6) is -0.111. The molecule has 0 aliphatic carbocycles. The van der Waals surface area contributed by atoms with Gasteiger partial charge in [-0.05, 0) is 39.4 Å². The summed E-state index contributed by atoms with van der Waals surface area (Å²) in [6, 6.07) is -1.74. The van der Waals surface area contributed by atoms with Gasteiger partial charge in [-0.15, -0.1) is 0 Å². The first-order chi connectivity index (χ1) is 13.3. The van der Waals surface area contributed by atoms with E-state index >= 15 is 0 Å².